The summed E-state index contributed by atoms with van der Waals surface area (Å²) in [6.45, 7) is -4.50. The molecule has 1 aromatic rings. The third kappa shape index (κ3) is 6.22. The normalized spacial score (nSPS) is 25.1. The van der Waals surface area contributed by atoms with E-state index in [2.05, 4.69) is 30.7 Å². The second kappa shape index (κ2) is 9.74. The van der Waals surface area contributed by atoms with Gasteiger partial charge in [-0.15, -0.1) is 0 Å². The van der Waals surface area contributed by atoms with E-state index in [0.29, 0.717) is 0 Å². The fourth-order valence-corrected chi connectivity index (χ4v) is 7.25. The number of aryl methyl sites for hydroxylation is 1. The number of hydrogen-bond acceptors (Lipinski definition) is 9. The summed E-state index contributed by atoms with van der Waals surface area (Å²) in [4.78, 5) is 64.4. The van der Waals surface area contributed by atoms with E-state index in [1.807, 2.05) is 4.98 Å². The van der Waals surface area contributed by atoms with Crippen molar-refractivity contribution in [1.82, 2.24) is 9.55 Å². The van der Waals surface area contributed by atoms with Gasteiger partial charge in [0, 0.05) is 23.1 Å². The quantitative estimate of drug-likeness (QED) is 0.123. The van der Waals surface area contributed by atoms with E-state index in [0.717, 1.165) is 10.8 Å². The predicted octanol–water partition coefficient (Wildman–Crippen LogP) is 0.975. The van der Waals surface area contributed by atoms with Gasteiger partial charge in [-0.3, -0.25) is 23.5 Å². The van der Waals surface area contributed by atoms with Crippen LogP contribution in [-0.4, -0.2) is 53.3 Å². The standard InChI is InChI=1S/C11H16F2N5O11P3S/c1-5-3-18(10(20)15-9(5)19)8-2-6(16-17-14)7(28-8)4-27-32(26,33)29-31(24,25)11(12,13)30(21,22)23/h3,6-8H,2,4H2,1H3,(H,24,25)(H,26,33)(H,15,19,20)(H2,21,22,23)/t6-,7+,8+,32?/m0/s1. The summed E-state index contributed by atoms with van der Waals surface area (Å²) in [5.41, 5.74) is 7.33. The van der Waals surface area contributed by atoms with E-state index in [-0.39, 0.29) is 12.0 Å². The fourth-order valence-electron chi connectivity index (χ4n) is 2.57. The number of alkyl halides is 2. The smallest absolute Gasteiger partial charge is 0.352 e. The van der Waals surface area contributed by atoms with Crippen LogP contribution in [0.3, 0.4) is 0 Å². The van der Waals surface area contributed by atoms with Gasteiger partial charge in [0.05, 0.1) is 18.8 Å². The van der Waals surface area contributed by atoms with Crippen LogP contribution < -0.4 is 11.2 Å². The molecule has 2 unspecified atom stereocenters. The molecular formula is C11H16F2N5O11P3S. The van der Waals surface area contributed by atoms with Gasteiger partial charge in [0.15, 0.2) is 0 Å². The summed E-state index contributed by atoms with van der Waals surface area (Å²) < 4.78 is 64.5. The van der Waals surface area contributed by atoms with Crippen molar-refractivity contribution < 1.29 is 51.1 Å². The summed E-state index contributed by atoms with van der Waals surface area (Å²) in [6.07, 6.45) is -1.39. The second-order valence-corrected chi connectivity index (χ2v) is 13.4. The molecule has 5 atom stereocenters. The minimum absolute atomic E-state index is 0.141. The molecule has 0 spiro atoms. The number of H-pyrrole nitrogens is 1. The van der Waals surface area contributed by atoms with Gasteiger partial charge in [0.1, 0.15) is 6.23 Å². The Bertz CT molecular complexity index is 1230. The number of azide groups is 1. The van der Waals surface area contributed by atoms with Crippen LogP contribution in [0.4, 0.5) is 8.78 Å². The first-order chi connectivity index (χ1) is 14.9. The first-order valence-electron chi connectivity index (χ1n) is 8.38. The highest BCUT2D eigenvalue weighted by atomic mass is 32.5. The van der Waals surface area contributed by atoms with Crippen molar-refractivity contribution >= 4 is 33.7 Å². The molecule has 186 valence electrons. The van der Waals surface area contributed by atoms with E-state index in [4.69, 9.17) is 20.1 Å². The van der Waals surface area contributed by atoms with E-state index < -0.39 is 63.5 Å². The number of nitrogens with one attached hydrogen (secondary N) is 1. The molecule has 0 radical (unpaired) electrons. The average Bonchev–Trinajstić information content (AvgIpc) is 3.04. The third-order valence-corrected chi connectivity index (χ3v) is 10.2. The molecule has 0 amide bonds. The molecule has 0 saturated carbocycles. The Labute approximate surface area is 186 Å². The van der Waals surface area contributed by atoms with Crippen molar-refractivity contribution in [2.24, 2.45) is 5.11 Å². The Kier molecular flexibility index (Phi) is 8.24. The Balaban J connectivity index is 2.19. The van der Waals surface area contributed by atoms with Gasteiger partial charge in [-0.25, -0.2) is 9.11 Å². The molecule has 22 heteroatoms. The number of hydrogen-bond donors (Lipinski definition) is 5. The minimum atomic E-state index is -6.53. The van der Waals surface area contributed by atoms with Crippen molar-refractivity contribution in [3.05, 3.63) is 43.0 Å². The maximum Gasteiger partial charge on any atom is 0.444 e. The zero-order chi connectivity index (χ0) is 25.4. The number of aromatic amines is 1. The van der Waals surface area contributed by atoms with Crippen LogP contribution in [0.1, 0.15) is 18.2 Å². The lowest BCUT2D eigenvalue weighted by atomic mass is 10.1. The van der Waals surface area contributed by atoms with Crippen molar-refractivity contribution in [3.8, 4) is 0 Å². The molecule has 1 fully saturated rings. The Morgan fingerprint density at radius 1 is 1.39 bits per heavy atom. The van der Waals surface area contributed by atoms with Crippen LogP contribution in [0.2, 0.25) is 0 Å². The number of nitrogens with zero attached hydrogens (tertiary/aromatic N) is 4. The zero-order valence-corrected chi connectivity index (χ0v) is 19.7. The molecule has 2 rings (SSSR count). The van der Waals surface area contributed by atoms with Crippen LogP contribution in [0, 0.1) is 6.92 Å². The van der Waals surface area contributed by atoms with Gasteiger partial charge in [-0.2, -0.15) is 8.78 Å². The molecule has 16 nitrogen and oxygen atoms in total. The fraction of sp³-hybridized carbons (Fsp3) is 0.636. The van der Waals surface area contributed by atoms with Crippen molar-refractivity contribution in [2.45, 2.75) is 37.1 Å². The molecule has 5 N–H and O–H groups in total. The number of rotatable bonds is 9. The van der Waals surface area contributed by atoms with Gasteiger partial charge >= 0.3 is 33.0 Å². The maximum atomic E-state index is 13.5. The lowest BCUT2D eigenvalue weighted by molar-refractivity contribution is -0.0243. The van der Waals surface area contributed by atoms with Crippen LogP contribution >= 0.6 is 21.9 Å². The Hall–Kier alpha value is -1.32. The molecule has 0 aliphatic carbocycles. The lowest BCUT2D eigenvalue weighted by Gasteiger charge is -2.26. The topological polar surface area (TPSA) is 246 Å². The highest BCUT2D eigenvalue weighted by molar-refractivity contribution is 8.08. The van der Waals surface area contributed by atoms with Gasteiger partial charge < -0.3 is 28.8 Å². The molecule has 1 saturated heterocycles. The number of halogens is 2. The van der Waals surface area contributed by atoms with Crippen LogP contribution in [-0.2, 0) is 34.5 Å². The molecular weight excluding hydrogens is 541 g/mol. The zero-order valence-electron chi connectivity index (χ0n) is 16.2. The van der Waals surface area contributed by atoms with Crippen molar-refractivity contribution in [2.75, 3.05) is 6.61 Å². The Morgan fingerprint density at radius 2 is 2.00 bits per heavy atom. The van der Waals surface area contributed by atoms with Gasteiger partial charge in [-0.05, 0) is 24.3 Å². The summed E-state index contributed by atoms with van der Waals surface area (Å²) in [5.74, 6) is 0. The minimum Gasteiger partial charge on any atom is -0.352 e. The van der Waals surface area contributed by atoms with Crippen LogP contribution in [0.25, 0.3) is 10.4 Å². The highest BCUT2D eigenvalue weighted by Gasteiger charge is 2.66. The molecule has 0 aromatic carbocycles. The van der Waals surface area contributed by atoms with Crippen molar-refractivity contribution in [1.29, 1.82) is 0 Å². The number of ether oxygens (including phenoxy) is 1. The summed E-state index contributed by atoms with van der Waals surface area (Å²) in [5, 5.41) is -2.18. The van der Waals surface area contributed by atoms with E-state index in [9.17, 15) is 37.3 Å². The van der Waals surface area contributed by atoms with E-state index in [1.165, 1.54) is 6.92 Å². The predicted molar refractivity (Wildman–Crippen MR) is 108 cm³/mol. The third-order valence-electron chi connectivity index (χ3n) is 4.17. The summed E-state index contributed by atoms with van der Waals surface area (Å²) in [6, 6.07) is -1.08. The largest absolute Gasteiger partial charge is 0.444 e. The second-order valence-electron chi connectivity index (χ2n) is 6.54. The maximum absolute atomic E-state index is 13.5. The van der Waals surface area contributed by atoms with Crippen LogP contribution in [0.5, 0.6) is 0 Å². The van der Waals surface area contributed by atoms with E-state index in [1.54, 1.807) is 0 Å². The Morgan fingerprint density at radius 3 is 2.55 bits per heavy atom. The highest BCUT2D eigenvalue weighted by Crippen LogP contribution is 2.77. The SMILES string of the molecule is Cc1cn([C@H]2C[C@H](N=[N+]=[N-])[C@@H](COP(O)(=S)OP(=O)(O)C(F)(F)P(=O)(O)O)O2)c(=O)[nH]c1=O. The summed E-state index contributed by atoms with van der Waals surface area (Å²) >= 11 is 4.35. The molecule has 33 heavy (non-hydrogen) atoms. The van der Waals surface area contributed by atoms with E-state index >= 15 is 0 Å². The first-order valence-corrected chi connectivity index (χ1v) is 14.2. The average molecular weight is 557 g/mol. The summed E-state index contributed by atoms with van der Waals surface area (Å²) in [7, 11) is -13.0. The van der Waals surface area contributed by atoms with Gasteiger partial charge in [-0.1, -0.05) is 5.11 Å². The lowest BCUT2D eigenvalue weighted by Crippen LogP contribution is -2.33. The molecule has 1 aliphatic heterocycles. The first kappa shape index (κ1) is 27.9. The molecule has 1 aromatic heterocycles. The monoisotopic (exact) mass is 557 g/mol. The molecule has 2 heterocycles. The van der Waals surface area contributed by atoms with Gasteiger partial charge in [0.25, 0.3) is 5.56 Å². The van der Waals surface area contributed by atoms with Gasteiger partial charge in [0.2, 0.25) is 0 Å². The molecule has 0 bridgehead atoms. The molecule has 1 aliphatic rings. The van der Waals surface area contributed by atoms with Crippen LogP contribution in [0.15, 0.2) is 20.9 Å². The van der Waals surface area contributed by atoms with Crippen molar-refractivity contribution in [3.63, 3.8) is 0 Å². The number of aromatic nitrogens is 2.